The summed E-state index contributed by atoms with van der Waals surface area (Å²) in [5.74, 6) is -0.326. The van der Waals surface area contributed by atoms with Gasteiger partial charge in [0.1, 0.15) is 4.90 Å². The minimum absolute atomic E-state index is 0.0332. The molecule has 1 aromatic rings. The van der Waals surface area contributed by atoms with Gasteiger partial charge >= 0.3 is 0 Å². The molecule has 2 N–H and O–H groups in total. The van der Waals surface area contributed by atoms with Crippen LogP contribution in [0.5, 0.6) is 0 Å². The Bertz CT molecular complexity index is 694. The van der Waals surface area contributed by atoms with Crippen LogP contribution < -0.4 is 10.0 Å². The van der Waals surface area contributed by atoms with Gasteiger partial charge in [-0.15, -0.1) is 0 Å². The number of sulfonamides is 1. The fourth-order valence-electron chi connectivity index (χ4n) is 1.88. The molecule has 0 atom stereocenters. The number of hydrogen-bond donors (Lipinski definition) is 2. The van der Waals surface area contributed by atoms with Crippen LogP contribution in [0.3, 0.4) is 0 Å². The van der Waals surface area contributed by atoms with Crippen molar-refractivity contribution in [2.24, 2.45) is 5.92 Å². The van der Waals surface area contributed by atoms with Gasteiger partial charge in [0.15, 0.2) is 0 Å². The Morgan fingerprint density at radius 1 is 1.24 bits per heavy atom. The highest BCUT2D eigenvalue weighted by Crippen LogP contribution is 2.28. The van der Waals surface area contributed by atoms with E-state index >= 15 is 0 Å². The highest BCUT2D eigenvalue weighted by Gasteiger charge is 2.22. The van der Waals surface area contributed by atoms with Gasteiger partial charge in [-0.1, -0.05) is 37.0 Å². The molecule has 25 heavy (non-hydrogen) atoms. The molecule has 1 rings (SSSR count). The average Bonchev–Trinajstić information content (AvgIpc) is 2.52. The number of carbonyl (C=O) groups excluding carboxylic acids is 1. The minimum atomic E-state index is -3.83. The molecule has 0 saturated carbocycles. The standard InChI is InChI=1S/C16H24Cl2N2O4S/c1-4-24-7-5-6-19-16(21)12-8-15(14(18)9-13(12)17)25(22,23)20-10-11(2)3/h8-9,11,20H,4-7,10H2,1-3H3,(H,19,21). The van der Waals surface area contributed by atoms with Crippen molar-refractivity contribution >= 4 is 39.1 Å². The summed E-state index contributed by atoms with van der Waals surface area (Å²) < 4.78 is 32.4. The van der Waals surface area contributed by atoms with Crippen molar-refractivity contribution in [3.8, 4) is 0 Å². The number of benzene rings is 1. The van der Waals surface area contributed by atoms with Crippen molar-refractivity contribution in [3.63, 3.8) is 0 Å². The van der Waals surface area contributed by atoms with Crippen LogP contribution in [-0.4, -0.2) is 40.6 Å². The SMILES string of the molecule is CCOCCCNC(=O)c1cc(S(=O)(=O)NCC(C)C)c(Cl)cc1Cl. The molecule has 0 bridgehead atoms. The molecule has 1 amide bonds. The second kappa shape index (κ2) is 10.3. The van der Waals surface area contributed by atoms with Crippen molar-refractivity contribution in [3.05, 3.63) is 27.7 Å². The highest BCUT2D eigenvalue weighted by atomic mass is 35.5. The number of rotatable bonds is 10. The topological polar surface area (TPSA) is 84.5 Å². The molecule has 6 nitrogen and oxygen atoms in total. The summed E-state index contributed by atoms with van der Waals surface area (Å²) in [5.41, 5.74) is 0.0624. The molecule has 0 heterocycles. The van der Waals surface area contributed by atoms with Crippen LogP contribution in [0.2, 0.25) is 10.0 Å². The van der Waals surface area contributed by atoms with E-state index in [9.17, 15) is 13.2 Å². The van der Waals surface area contributed by atoms with Crippen LogP contribution in [0, 0.1) is 5.92 Å². The first-order chi connectivity index (χ1) is 11.7. The van der Waals surface area contributed by atoms with Crippen LogP contribution in [0.4, 0.5) is 0 Å². The average molecular weight is 411 g/mol. The smallest absolute Gasteiger partial charge is 0.252 e. The molecular formula is C16H24Cl2N2O4S. The lowest BCUT2D eigenvalue weighted by atomic mass is 10.2. The summed E-state index contributed by atoms with van der Waals surface area (Å²) >= 11 is 12.1. The number of halogens is 2. The third kappa shape index (κ3) is 7.11. The van der Waals surface area contributed by atoms with E-state index in [2.05, 4.69) is 10.0 Å². The quantitative estimate of drug-likeness (QED) is 0.580. The van der Waals surface area contributed by atoms with E-state index in [-0.39, 0.29) is 33.0 Å². The molecule has 0 fully saturated rings. The van der Waals surface area contributed by atoms with E-state index in [1.54, 1.807) is 0 Å². The Labute approximate surface area is 159 Å². The third-order valence-corrected chi connectivity index (χ3v) is 5.39. The Kier molecular flexibility index (Phi) is 9.16. The molecule has 0 aliphatic heterocycles. The monoisotopic (exact) mass is 410 g/mol. The van der Waals surface area contributed by atoms with E-state index in [0.717, 1.165) is 0 Å². The van der Waals surface area contributed by atoms with E-state index in [1.807, 2.05) is 20.8 Å². The van der Waals surface area contributed by atoms with Crippen LogP contribution in [-0.2, 0) is 14.8 Å². The summed E-state index contributed by atoms with van der Waals surface area (Å²) in [5, 5.41) is 2.74. The maximum absolute atomic E-state index is 12.4. The van der Waals surface area contributed by atoms with Gasteiger partial charge in [0.05, 0.1) is 15.6 Å². The first-order valence-corrected chi connectivity index (χ1v) is 10.3. The summed E-state index contributed by atoms with van der Waals surface area (Å²) in [7, 11) is -3.83. The van der Waals surface area contributed by atoms with Crippen LogP contribution >= 0.6 is 23.2 Å². The summed E-state index contributed by atoms with van der Waals surface area (Å²) in [4.78, 5) is 12.1. The number of hydrogen-bond acceptors (Lipinski definition) is 4. The lowest BCUT2D eigenvalue weighted by Gasteiger charge is -2.13. The van der Waals surface area contributed by atoms with Crippen molar-refractivity contribution in [2.75, 3.05) is 26.3 Å². The number of nitrogens with one attached hydrogen (secondary N) is 2. The fourth-order valence-corrected chi connectivity index (χ4v) is 3.95. The minimum Gasteiger partial charge on any atom is -0.382 e. The second-order valence-electron chi connectivity index (χ2n) is 5.81. The van der Waals surface area contributed by atoms with E-state index in [0.29, 0.717) is 26.2 Å². The lowest BCUT2D eigenvalue weighted by molar-refractivity contribution is 0.0944. The van der Waals surface area contributed by atoms with Gasteiger partial charge < -0.3 is 10.1 Å². The van der Waals surface area contributed by atoms with Gasteiger partial charge in [-0.3, -0.25) is 4.79 Å². The second-order valence-corrected chi connectivity index (χ2v) is 8.36. The Morgan fingerprint density at radius 3 is 2.52 bits per heavy atom. The Hall–Kier alpha value is -0.860. The third-order valence-electron chi connectivity index (χ3n) is 3.19. The number of carbonyl (C=O) groups is 1. The molecule has 1 aromatic carbocycles. The summed E-state index contributed by atoms with van der Waals surface area (Å²) in [6.07, 6.45) is 0.645. The molecule has 0 saturated heterocycles. The normalized spacial score (nSPS) is 11.8. The maximum Gasteiger partial charge on any atom is 0.252 e. The molecule has 0 unspecified atom stereocenters. The van der Waals surface area contributed by atoms with Crippen molar-refractivity contribution in [2.45, 2.75) is 32.1 Å². The van der Waals surface area contributed by atoms with Gasteiger partial charge in [0.25, 0.3) is 5.91 Å². The molecule has 0 spiro atoms. The first kappa shape index (κ1) is 22.2. The van der Waals surface area contributed by atoms with Crippen LogP contribution in [0.1, 0.15) is 37.6 Å². The van der Waals surface area contributed by atoms with Crippen molar-refractivity contribution in [1.29, 1.82) is 0 Å². The molecule has 142 valence electrons. The van der Waals surface area contributed by atoms with Crippen molar-refractivity contribution < 1.29 is 17.9 Å². The maximum atomic E-state index is 12.4. The van der Waals surface area contributed by atoms with Gasteiger partial charge in [-0.2, -0.15) is 0 Å². The Morgan fingerprint density at radius 2 is 1.92 bits per heavy atom. The van der Waals surface area contributed by atoms with Gasteiger partial charge in [-0.05, 0) is 31.4 Å². The zero-order valence-electron chi connectivity index (χ0n) is 14.6. The zero-order chi connectivity index (χ0) is 19.0. The molecule has 0 aliphatic carbocycles. The summed E-state index contributed by atoms with van der Waals surface area (Å²) in [6, 6.07) is 2.47. The van der Waals surface area contributed by atoms with E-state index < -0.39 is 15.9 Å². The molecule has 0 aliphatic rings. The largest absolute Gasteiger partial charge is 0.382 e. The van der Waals surface area contributed by atoms with Crippen molar-refractivity contribution in [1.82, 2.24) is 10.0 Å². The molecule has 9 heteroatoms. The first-order valence-electron chi connectivity index (χ1n) is 8.03. The highest BCUT2D eigenvalue weighted by molar-refractivity contribution is 7.89. The predicted octanol–water partition coefficient (Wildman–Crippen LogP) is 3.08. The summed E-state index contributed by atoms with van der Waals surface area (Å²) in [6.45, 7) is 7.46. The van der Waals surface area contributed by atoms with E-state index in [1.165, 1.54) is 12.1 Å². The van der Waals surface area contributed by atoms with Crippen LogP contribution in [0.25, 0.3) is 0 Å². The van der Waals surface area contributed by atoms with Gasteiger partial charge in [0, 0.05) is 26.3 Å². The Balaban J connectivity index is 2.93. The fraction of sp³-hybridized carbons (Fsp3) is 0.562. The lowest BCUT2D eigenvalue weighted by Crippen LogP contribution is -2.29. The molecule has 0 aromatic heterocycles. The number of ether oxygens (including phenoxy) is 1. The molecule has 0 radical (unpaired) electrons. The van der Waals surface area contributed by atoms with Gasteiger partial charge in [-0.25, -0.2) is 13.1 Å². The molecular weight excluding hydrogens is 387 g/mol. The van der Waals surface area contributed by atoms with E-state index in [4.69, 9.17) is 27.9 Å². The van der Waals surface area contributed by atoms with Gasteiger partial charge in [0.2, 0.25) is 10.0 Å². The zero-order valence-corrected chi connectivity index (χ0v) is 16.9. The predicted molar refractivity (Wildman–Crippen MR) is 99.9 cm³/mol. The number of amides is 1. The van der Waals surface area contributed by atoms with Crippen LogP contribution in [0.15, 0.2) is 17.0 Å².